The Morgan fingerprint density at radius 1 is 1.67 bits per heavy atom. The molecule has 1 heterocycles. The highest BCUT2D eigenvalue weighted by Gasteiger charge is 2.29. The minimum absolute atomic E-state index is 0.223. The van der Waals surface area contributed by atoms with Crippen LogP contribution in [-0.2, 0) is 9.53 Å². The fourth-order valence-corrected chi connectivity index (χ4v) is 1.15. The van der Waals surface area contributed by atoms with E-state index in [9.17, 15) is 4.79 Å². The largest absolute Gasteiger partial charge is 0.500 e. The molecule has 2 nitrogen and oxygen atoms in total. The zero-order chi connectivity index (χ0) is 9.19. The van der Waals surface area contributed by atoms with E-state index in [0.29, 0.717) is 6.61 Å². The number of Topliss-reactive ketones (excluding diaryl/α,β-unsaturated/α-hetero) is 1. The predicted octanol–water partition coefficient (Wildman–Crippen LogP) is 2.30. The first-order valence-corrected chi connectivity index (χ1v) is 4.43. The van der Waals surface area contributed by atoms with Crippen LogP contribution >= 0.6 is 0 Å². The van der Waals surface area contributed by atoms with Crippen LogP contribution in [0.3, 0.4) is 0 Å². The van der Waals surface area contributed by atoms with Crippen molar-refractivity contribution < 1.29 is 9.53 Å². The van der Waals surface area contributed by atoms with Gasteiger partial charge in [0.1, 0.15) is 0 Å². The first-order valence-electron chi connectivity index (χ1n) is 4.43. The van der Waals surface area contributed by atoms with Gasteiger partial charge in [-0.05, 0) is 6.42 Å². The van der Waals surface area contributed by atoms with Gasteiger partial charge in [-0.25, -0.2) is 0 Å². The lowest BCUT2D eigenvalue weighted by atomic mass is 9.81. The van der Waals surface area contributed by atoms with Gasteiger partial charge in [0, 0.05) is 17.4 Å². The fourth-order valence-electron chi connectivity index (χ4n) is 1.15. The molecule has 0 bridgehead atoms. The number of ketones is 1. The number of hydrogen-bond acceptors (Lipinski definition) is 2. The monoisotopic (exact) mass is 168 g/mol. The van der Waals surface area contributed by atoms with Crippen molar-refractivity contribution in [2.75, 3.05) is 6.61 Å². The molecule has 68 valence electrons. The van der Waals surface area contributed by atoms with Crippen molar-refractivity contribution in [3.8, 4) is 0 Å². The van der Waals surface area contributed by atoms with Gasteiger partial charge < -0.3 is 4.74 Å². The molecule has 0 radical (unpaired) electrons. The van der Waals surface area contributed by atoms with Crippen LogP contribution < -0.4 is 0 Å². The van der Waals surface area contributed by atoms with Gasteiger partial charge in [-0.2, -0.15) is 0 Å². The minimum atomic E-state index is -0.223. The van der Waals surface area contributed by atoms with Crippen molar-refractivity contribution in [3.63, 3.8) is 0 Å². The Morgan fingerprint density at radius 3 is 2.75 bits per heavy atom. The summed E-state index contributed by atoms with van der Waals surface area (Å²) in [5, 5.41) is 0. The van der Waals surface area contributed by atoms with Crippen molar-refractivity contribution in [3.05, 3.63) is 11.8 Å². The number of rotatable bonds is 3. The summed E-state index contributed by atoms with van der Waals surface area (Å²) in [7, 11) is 0. The molecule has 0 aromatic carbocycles. The maximum Gasteiger partial charge on any atom is 0.167 e. The van der Waals surface area contributed by atoms with Crippen molar-refractivity contribution in [2.45, 2.75) is 33.6 Å². The summed E-state index contributed by atoms with van der Waals surface area (Å²) >= 11 is 0. The van der Waals surface area contributed by atoms with E-state index in [0.717, 1.165) is 18.4 Å². The van der Waals surface area contributed by atoms with Crippen LogP contribution in [0.5, 0.6) is 0 Å². The number of hydrogen-bond donors (Lipinski definition) is 0. The van der Waals surface area contributed by atoms with Crippen LogP contribution in [0.25, 0.3) is 0 Å². The second-order valence-corrected chi connectivity index (χ2v) is 3.83. The SMILES string of the molecule is CCC(C)(C)C(=O)C1=COCC1. The zero-order valence-corrected chi connectivity index (χ0v) is 8.02. The number of carbonyl (C=O) groups is 1. The van der Waals surface area contributed by atoms with E-state index in [-0.39, 0.29) is 11.2 Å². The van der Waals surface area contributed by atoms with Gasteiger partial charge in [0.05, 0.1) is 12.9 Å². The summed E-state index contributed by atoms with van der Waals surface area (Å²) in [5.74, 6) is 0.238. The molecule has 1 aliphatic heterocycles. The Hall–Kier alpha value is -0.790. The first kappa shape index (κ1) is 9.30. The van der Waals surface area contributed by atoms with Gasteiger partial charge in [0.15, 0.2) is 5.78 Å². The second kappa shape index (κ2) is 3.30. The lowest BCUT2D eigenvalue weighted by molar-refractivity contribution is -0.123. The smallest absolute Gasteiger partial charge is 0.167 e. The third kappa shape index (κ3) is 1.68. The summed E-state index contributed by atoms with van der Waals surface area (Å²) < 4.78 is 5.04. The molecule has 0 unspecified atom stereocenters. The van der Waals surface area contributed by atoms with Crippen LogP contribution in [0.15, 0.2) is 11.8 Å². The molecule has 0 aliphatic carbocycles. The molecule has 1 aliphatic rings. The fraction of sp³-hybridized carbons (Fsp3) is 0.700. The van der Waals surface area contributed by atoms with Crippen LogP contribution in [0.2, 0.25) is 0 Å². The molecule has 0 spiro atoms. The molecule has 12 heavy (non-hydrogen) atoms. The van der Waals surface area contributed by atoms with Gasteiger partial charge in [-0.15, -0.1) is 0 Å². The maximum atomic E-state index is 11.7. The van der Waals surface area contributed by atoms with Gasteiger partial charge >= 0.3 is 0 Å². The lowest BCUT2D eigenvalue weighted by Crippen LogP contribution is -2.24. The average Bonchev–Trinajstić information content (AvgIpc) is 2.55. The molecule has 0 fully saturated rings. The van der Waals surface area contributed by atoms with E-state index in [1.165, 1.54) is 0 Å². The summed E-state index contributed by atoms with van der Waals surface area (Å²) in [4.78, 5) is 11.7. The molecule has 0 aromatic heterocycles. The van der Waals surface area contributed by atoms with Crippen LogP contribution in [0.1, 0.15) is 33.6 Å². The van der Waals surface area contributed by atoms with Crippen molar-refractivity contribution >= 4 is 5.78 Å². The molecule has 0 atom stereocenters. The molecule has 1 rings (SSSR count). The van der Waals surface area contributed by atoms with E-state index in [2.05, 4.69) is 0 Å². The van der Waals surface area contributed by atoms with Crippen molar-refractivity contribution in [1.29, 1.82) is 0 Å². The maximum absolute atomic E-state index is 11.7. The Kier molecular flexibility index (Phi) is 2.55. The van der Waals surface area contributed by atoms with Crippen LogP contribution in [0, 0.1) is 5.41 Å². The molecule has 0 amide bonds. The predicted molar refractivity (Wildman–Crippen MR) is 47.7 cm³/mol. The van der Waals surface area contributed by atoms with E-state index in [1.807, 2.05) is 20.8 Å². The highest BCUT2D eigenvalue weighted by atomic mass is 16.5. The van der Waals surface area contributed by atoms with Crippen molar-refractivity contribution in [1.82, 2.24) is 0 Å². The van der Waals surface area contributed by atoms with Crippen LogP contribution in [-0.4, -0.2) is 12.4 Å². The van der Waals surface area contributed by atoms with E-state index in [1.54, 1.807) is 6.26 Å². The lowest BCUT2D eigenvalue weighted by Gasteiger charge is -2.20. The second-order valence-electron chi connectivity index (χ2n) is 3.83. The Morgan fingerprint density at radius 2 is 2.33 bits per heavy atom. The van der Waals surface area contributed by atoms with Crippen molar-refractivity contribution in [2.24, 2.45) is 5.41 Å². The molecule has 0 aromatic rings. The zero-order valence-electron chi connectivity index (χ0n) is 8.02. The number of ether oxygens (including phenoxy) is 1. The molecule has 0 saturated carbocycles. The quantitative estimate of drug-likeness (QED) is 0.646. The van der Waals surface area contributed by atoms with Crippen LogP contribution in [0.4, 0.5) is 0 Å². The van der Waals surface area contributed by atoms with Gasteiger partial charge in [0.25, 0.3) is 0 Å². The normalized spacial score (nSPS) is 17.1. The highest BCUT2D eigenvalue weighted by molar-refractivity contribution is 5.99. The molecular weight excluding hydrogens is 152 g/mol. The molecule has 2 heteroatoms. The minimum Gasteiger partial charge on any atom is -0.500 e. The number of carbonyl (C=O) groups excluding carboxylic acids is 1. The Bertz CT molecular complexity index is 214. The highest BCUT2D eigenvalue weighted by Crippen LogP contribution is 2.27. The molecule has 0 N–H and O–H groups in total. The standard InChI is InChI=1S/C10H16O2/c1-4-10(2,3)9(11)8-5-6-12-7-8/h7H,4-6H2,1-3H3. The summed E-state index contributed by atoms with van der Waals surface area (Å²) in [6, 6.07) is 0. The topological polar surface area (TPSA) is 26.3 Å². The molecule has 0 saturated heterocycles. The third-order valence-electron chi connectivity index (χ3n) is 2.51. The van der Waals surface area contributed by atoms with Gasteiger partial charge in [-0.1, -0.05) is 20.8 Å². The summed E-state index contributed by atoms with van der Waals surface area (Å²) in [6.07, 6.45) is 3.27. The summed E-state index contributed by atoms with van der Waals surface area (Å²) in [6.45, 7) is 6.66. The summed E-state index contributed by atoms with van der Waals surface area (Å²) in [5.41, 5.74) is 0.626. The van der Waals surface area contributed by atoms with E-state index < -0.39 is 0 Å². The Labute approximate surface area is 73.6 Å². The Balaban J connectivity index is 2.70. The van der Waals surface area contributed by atoms with E-state index in [4.69, 9.17) is 4.74 Å². The third-order valence-corrected chi connectivity index (χ3v) is 2.51. The first-order chi connectivity index (χ1) is 5.58. The van der Waals surface area contributed by atoms with Gasteiger partial charge in [0.2, 0.25) is 0 Å². The molecular formula is C10H16O2. The average molecular weight is 168 g/mol. The van der Waals surface area contributed by atoms with Gasteiger partial charge in [-0.3, -0.25) is 4.79 Å². The van der Waals surface area contributed by atoms with E-state index >= 15 is 0 Å².